The van der Waals surface area contributed by atoms with Crippen molar-refractivity contribution in [3.05, 3.63) is 35.9 Å². The highest BCUT2D eigenvalue weighted by Crippen LogP contribution is 2.08. The second kappa shape index (κ2) is 8.02. The van der Waals surface area contributed by atoms with Gasteiger partial charge in [-0.05, 0) is 18.5 Å². The molecule has 1 aliphatic heterocycles. The van der Waals surface area contributed by atoms with E-state index >= 15 is 0 Å². The first-order chi connectivity index (χ1) is 9.79. The van der Waals surface area contributed by atoms with E-state index in [1.807, 2.05) is 11.0 Å². The molecule has 1 aliphatic rings. The van der Waals surface area contributed by atoms with Gasteiger partial charge in [-0.3, -0.25) is 9.69 Å². The van der Waals surface area contributed by atoms with Gasteiger partial charge in [0.2, 0.25) is 5.91 Å². The van der Waals surface area contributed by atoms with Crippen LogP contribution in [0.1, 0.15) is 18.9 Å². The molecule has 0 bridgehead atoms. The zero-order valence-electron chi connectivity index (χ0n) is 12.3. The van der Waals surface area contributed by atoms with Crippen LogP contribution in [0.5, 0.6) is 0 Å². The Kier molecular flexibility index (Phi) is 6.02. The molecule has 110 valence electrons. The van der Waals surface area contributed by atoms with Crippen molar-refractivity contribution in [2.24, 2.45) is 0 Å². The van der Waals surface area contributed by atoms with Crippen molar-refractivity contribution in [1.82, 2.24) is 15.1 Å². The minimum absolute atomic E-state index is 0.234. The summed E-state index contributed by atoms with van der Waals surface area (Å²) in [4.78, 5) is 16.4. The van der Waals surface area contributed by atoms with Crippen LogP contribution in [0.15, 0.2) is 30.3 Å². The van der Waals surface area contributed by atoms with E-state index in [1.165, 1.54) is 5.56 Å². The van der Waals surface area contributed by atoms with Gasteiger partial charge < -0.3 is 10.2 Å². The van der Waals surface area contributed by atoms with Crippen molar-refractivity contribution in [1.29, 1.82) is 0 Å². The standard InChI is InChI=1S/C16H25N3O/c1-2-8-17-13-16(20)19-11-9-18(10-12-19)14-15-6-4-3-5-7-15/h3-7,17H,2,8-14H2,1H3. The monoisotopic (exact) mass is 275 g/mol. The highest BCUT2D eigenvalue weighted by molar-refractivity contribution is 5.78. The summed E-state index contributed by atoms with van der Waals surface area (Å²) in [6, 6.07) is 10.5. The summed E-state index contributed by atoms with van der Waals surface area (Å²) < 4.78 is 0. The van der Waals surface area contributed by atoms with Gasteiger partial charge in [0.15, 0.2) is 0 Å². The fourth-order valence-corrected chi connectivity index (χ4v) is 2.48. The molecule has 2 rings (SSSR count). The molecule has 0 aromatic heterocycles. The van der Waals surface area contributed by atoms with Gasteiger partial charge in [-0.2, -0.15) is 0 Å². The molecule has 1 aromatic rings. The van der Waals surface area contributed by atoms with Crippen LogP contribution < -0.4 is 5.32 Å². The minimum Gasteiger partial charge on any atom is -0.339 e. The zero-order valence-corrected chi connectivity index (χ0v) is 12.3. The first-order valence-electron chi connectivity index (χ1n) is 7.54. The molecule has 1 saturated heterocycles. The minimum atomic E-state index is 0.234. The Bertz CT molecular complexity index is 399. The molecule has 20 heavy (non-hydrogen) atoms. The van der Waals surface area contributed by atoms with E-state index in [1.54, 1.807) is 0 Å². The summed E-state index contributed by atoms with van der Waals surface area (Å²) >= 11 is 0. The molecule has 0 aliphatic carbocycles. The van der Waals surface area contributed by atoms with E-state index in [-0.39, 0.29) is 5.91 Å². The third kappa shape index (κ3) is 4.62. The van der Waals surface area contributed by atoms with Crippen molar-refractivity contribution < 1.29 is 4.79 Å². The smallest absolute Gasteiger partial charge is 0.236 e. The largest absolute Gasteiger partial charge is 0.339 e. The molecule has 1 N–H and O–H groups in total. The lowest BCUT2D eigenvalue weighted by molar-refractivity contribution is -0.132. The molecule has 1 amide bonds. The molecule has 0 spiro atoms. The summed E-state index contributed by atoms with van der Waals surface area (Å²) in [5.74, 6) is 0.234. The predicted octanol–water partition coefficient (Wildman–Crippen LogP) is 1.33. The van der Waals surface area contributed by atoms with Gasteiger partial charge in [0.25, 0.3) is 0 Å². The van der Waals surface area contributed by atoms with Gasteiger partial charge in [-0.25, -0.2) is 0 Å². The summed E-state index contributed by atoms with van der Waals surface area (Å²) in [6.07, 6.45) is 1.07. The molecule has 0 radical (unpaired) electrons. The third-order valence-corrected chi connectivity index (χ3v) is 3.68. The number of hydrogen-bond donors (Lipinski definition) is 1. The van der Waals surface area contributed by atoms with Crippen LogP contribution in [0.3, 0.4) is 0 Å². The van der Waals surface area contributed by atoms with Gasteiger partial charge in [-0.15, -0.1) is 0 Å². The van der Waals surface area contributed by atoms with E-state index in [4.69, 9.17) is 0 Å². The van der Waals surface area contributed by atoms with E-state index in [0.29, 0.717) is 6.54 Å². The summed E-state index contributed by atoms with van der Waals surface area (Å²) in [5.41, 5.74) is 1.34. The normalized spacial score (nSPS) is 16.4. The van der Waals surface area contributed by atoms with Crippen LogP contribution in [0.4, 0.5) is 0 Å². The molecule has 0 saturated carbocycles. The molecule has 1 aromatic carbocycles. The molecule has 4 heteroatoms. The summed E-state index contributed by atoms with van der Waals surface area (Å²) in [6.45, 7) is 8.12. The molecular weight excluding hydrogens is 250 g/mol. The Morgan fingerprint density at radius 3 is 2.50 bits per heavy atom. The maximum Gasteiger partial charge on any atom is 0.236 e. The fraction of sp³-hybridized carbons (Fsp3) is 0.562. The lowest BCUT2D eigenvalue weighted by Crippen LogP contribution is -2.50. The number of benzene rings is 1. The second-order valence-electron chi connectivity index (χ2n) is 5.32. The van der Waals surface area contributed by atoms with Crippen molar-refractivity contribution in [3.8, 4) is 0 Å². The van der Waals surface area contributed by atoms with Crippen LogP contribution >= 0.6 is 0 Å². The average molecular weight is 275 g/mol. The number of nitrogens with zero attached hydrogens (tertiary/aromatic N) is 2. The Hall–Kier alpha value is -1.39. The zero-order chi connectivity index (χ0) is 14.2. The molecule has 4 nitrogen and oxygen atoms in total. The molecule has 1 fully saturated rings. The first kappa shape index (κ1) is 15.0. The van der Waals surface area contributed by atoms with Crippen molar-refractivity contribution in [2.45, 2.75) is 19.9 Å². The number of nitrogens with one attached hydrogen (secondary N) is 1. The number of piperazine rings is 1. The molecule has 0 unspecified atom stereocenters. The Balaban J connectivity index is 1.71. The Labute approximate surface area is 121 Å². The topological polar surface area (TPSA) is 35.6 Å². The third-order valence-electron chi connectivity index (χ3n) is 3.68. The number of carbonyl (C=O) groups is 1. The number of hydrogen-bond acceptors (Lipinski definition) is 3. The predicted molar refractivity (Wildman–Crippen MR) is 81.5 cm³/mol. The van der Waals surface area contributed by atoms with Crippen molar-refractivity contribution >= 4 is 5.91 Å². The van der Waals surface area contributed by atoms with Crippen LogP contribution in [0, 0.1) is 0 Å². The number of amides is 1. The first-order valence-corrected chi connectivity index (χ1v) is 7.54. The van der Waals surface area contributed by atoms with E-state index in [9.17, 15) is 4.79 Å². The van der Waals surface area contributed by atoms with Gasteiger partial charge in [0.1, 0.15) is 0 Å². The maximum absolute atomic E-state index is 12.0. The van der Waals surface area contributed by atoms with Gasteiger partial charge in [-0.1, -0.05) is 37.3 Å². The molecule has 1 heterocycles. The van der Waals surface area contributed by atoms with Crippen molar-refractivity contribution in [2.75, 3.05) is 39.3 Å². The number of rotatable bonds is 6. The van der Waals surface area contributed by atoms with Crippen molar-refractivity contribution in [3.63, 3.8) is 0 Å². The van der Waals surface area contributed by atoms with E-state index < -0.39 is 0 Å². The lowest BCUT2D eigenvalue weighted by atomic mass is 10.2. The van der Waals surface area contributed by atoms with Crippen LogP contribution in [0.2, 0.25) is 0 Å². The maximum atomic E-state index is 12.0. The lowest BCUT2D eigenvalue weighted by Gasteiger charge is -2.34. The van der Waals surface area contributed by atoms with Gasteiger partial charge >= 0.3 is 0 Å². The summed E-state index contributed by atoms with van der Waals surface area (Å²) in [7, 11) is 0. The average Bonchev–Trinajstić information content (AvgIpc) is 2.49. The Morgan fingerprint density at radius 2 is 1.85 bits per heavy atom. The summed E-state index contributed by atoms with van der Waals surface area (Å²) in [5, 5.41) is 3.18. The highest BCUT2D eigenvalue weighted by atomic mass is 16.2. The van der Waals surface area contributed by atoms with Crippen LogP contribution in [-0.4, -0.2) is 55.0 Å². The molecule has 0 atom stereocenters. The molecular formula is C16H25N3O. The quantitative estimate of drug-likeness (QED) is 0.796. The van der Waals surface area contributed by atoms with E-state index in [2.05, 4.69) is 41.4 Å². The van der Waals surface area contributed by atoms with Gasteiger partial charge in [0, 0.05) is 32.7 Å². The van der Waals surface area contributed by atoms with Crippen LogP contribution in [-0.2, 0) is 11.3 Å². The highest BCUT2D eigenvalue weighted by Gasteiger charge is 2.20. The van der Waals surface area contributed by atoms with Crippen LogP contribution in [0.25, 0.3) is 0 Å². The van der Waals surface area contributed by atoms with E-state index in [0.717, 1.165) is 45.7 Å². The fourth-order valence-electron chi connectivity index (χ4n) is 2.48. The van der Waals surface area contributed by atoms with Gasteiger partial charge in [0.05, 0.1) is 6.54 Å². The SMILES string of the molecule is CCCNCC(=O)N1CCN(Cc2ccccc2)CC1. The Morgan fingerprint density at radius 1 is 1.15 bits per heavy atom. The second-order valence-corrected chi connectivity index (χ2v) is 5.32. The number of carbonyl (C=O) groups excluding carboxylic acids is 1.